The van der Waals surface area contributed by atoms with Gasteiger partial charge in [0.1, 0.15) is 5.69 Å². The van der Waals surface area contributed by atoms with Gasteiger partial charge in [0.2, 0.25) is 5.28 Å². The first kappa shape index (κ1) is 19.5. The Balaban J connectivity index is 2.29. The number of allylic oxidation sites excluding steroid dienone is 1. The lowest BCUT2D eigenvalue weighted by atomic mass is 9.73. The molecule has 0 radical (unpaired) electrons. The van der Waals surface area contributed by atoms with Crippen molar-refractivity contribution in [2.45, 2.75) is 40.0 Å². The molecule has 0 spiro atoms. The Morgan fingerprint density at radius 1 is 1.30 bits per heavy atom. The van der Waals surface area contributed by atoms with E-state index in [0.717, 1.165) is 22.9 Å². The summed E-state index contributed by atoms with van der Waals surface area (Å²) in [6.07, 6.45) is 1.12. The molecule has 0 bridgehead atoms. The number of esters is 1. The first-order valence-electron chi connectivity index (χ1n) is 8.90. The minimum Gasteiger partial charge on any atom is -0.466 e. The molecule has 2 aromatic rings. The van der Waals surface area contributed by atoms with Crippen molar-refractivity contribution in [3.63, 3.8) is 0 Å². The third-order valence-corrected chi connectivity index (χ3v) is 4.86. The second kappa shape index (κ2) is 7.39. The quantitative estimate of drug-likeness (QED) is 0.528. The van der Waals surface area contributed by atoms with E-state index in [1.54, 1.807) is 6.92 Å². The Labute approximate surface area is 163 Å². The third kappa shape index (κ3) is 3.74. The Bertz CT molecular complexity index is 919. The number of fused-ring (bicyclic) bond motifs is 1. The van der Waals surface area contributed by atoms with Gasteiger partial charge in [0.05, 0.1) is 19.2 Å². The molecule has 1 aromatic heterocycles. The van der Waals surface area contributed by atoms with Gasteiger partial charge in [-0.05, 0) is 46.2 Å². The van der Waals surface area contributed by atoms with Gasteiger partial charge in [0.25, 0.3) is 0 Å². The summed E-state index contributed by atoms with van der Waals surface area (Å²) in [4.78, 5) is 20.2. The molecule has 0 N–H and O–H groups in total. The van der Waals surface area contributed by atoms with Gasteiger partial charge in [-0.3, -0.25) is 4.79 Å². The summed E-state index contributed by atoms with van der Waals surface area (Å²) in [5, 5.41) is -0.0296. The van der Waals surface area contributed by atoms with Crippen LogP contribution in [0.4, 0.5) is 4.39 Å². The Kier molecular flexibility index (Phi) is 5.33. The molecule has 142 valence electrons. The number of halogens is 2. The molecule has 4 nitrogen and oxygen atoms in total. The molecule has 1 aromatic carbocycles. The van der Waals surface area contributed by atoms with E-state index in [1.165, 1.54) is 0 Å². The van der Waals surface area contributed by atoms with Crippen molar-refractivity contribution >= 4 is 28.7 Å². The normalized spacial score (nSPS) is 16.4. The molecule has 6 heteroatoms. The molecule has 0 saturated heterocycles. The number of ether oxygens (including phenoxy) is 1. The molecule has 1 heterocycles. The van der Waals surface area contributed by atoms with Gasteiger partial charge in [0, 0.05) is 5.92 Å². The molecule has 3 rings (SSSR count). The summed E-state index contributed by atoms with van der Waals surface area (Å²) in [6, 6.07) is 7.84. The van der Waals surface area contributed by atoms with E-state index in [-0.39, 0.29) is 34.7 Å². The summed E-state index contributed by atoms with van der Waals surface area (Å²) in [6.45, 7) is 8.31. The van der Waals surface area contributed by atoms with Crippen molar-refractivity contribution < 1.29 is 13.9 Å². The summed E-state index contributed by atoms with van der Waals surface area (Å²) in [7, 11) is 0. The van der Waals surface area contributed by atoms with Gasteiger partial charge < -0.3 is 4.74 Å². The van der Waals surface area contributed by atoms with Crippen molar-refractivity contribution in [2.75, 3.05) is 6.61 Å². The predicted octanol–water partition coefficient (Wildman–Crippen LogP) is 5.28. The molecule has 0 amide bonds. The number of aromatic nitrogens is 2. The van der Waals surface area contributed by atoms with Crippen LogP contribution in [-0.2, 0) is 9.53 Å². The number of hydrogen-bond acceptors (Lipinski definition) is 4. The first-order chi connectivity index (χ1) is 12.7. The first-order valence-corrected chi connectivity index (χ1v) is 9.28. The van der Waals surface area contributed by atoms with Crippen LogP contribution in [0.25, 0.3) is 11.1 Å². The van der Waals surface area contributed by atoms with Crippen LogP contribution in [-0.4, -0.2) is 22.5 Å². The minimum atomic E-state index is -0.558. The van der Waals surface area contributed by atoms with Crippen LogP contribution in [0.15, 0.2) is 30.5 Å². The fourth-order valence-corrected chi connectivity index (χ4v) is 3.89. The lowest BCUT2D eigenvalue weighted by Crippen LogP contribution is -2.19. The van der Waals surface area contributed by atoms with Gasteiger partial charge in [-0.2, -0.15) is 0 Å². The van der Waals surface area contributed by atoms with Crippen molar-refractivity contribution in [3.05, 3.63) is 58.4 Å². The van der Waals surface area contributed by atoms with Crippen molar-refractivity contribution in [2.24, 2.45) is 5.41 Å². The predicted molar refractivity (Wildman–Crippen MR) is 104 cm³/mol. The SMILES string of the molecule is CCOC(=O)CC1=C(c2nc(Cl)ncc2F)C(C(C)(C)C)c2ccccc21. The number of nitrogens with zero attached hydrogens (tertiary/aromatic N) is 2. The second-order valence-electron chi connectivity index (χ2n) is 7.60. The number of carbonyl (C=O) groups excluding carboxylic acids is 1. The Morgan fingerprint density at radius 3 is 2.67 bits per heavy atom. The Hall–Kier alpha value is -2.27. The van der Waals surface area contributed by atoms with Crippen molar-refractivity contribution in [1.82, 2.24) is 9.97 Å². The fraction of sp³-hybridized carbons (Fsp3) is 0.381. The highest BCUT2D eigenvalue weighted by atomic mass is 35.5. The highest BCUT2D eigenvalue weighted by Crippen LogP contribution is 2.55. The highest BCUT2D eigenvalue weighted by Gasteiger charge is 2.41. The highest BCUT2D eigenvalue weighted by molar-refractivity contribution is 6.28. The van der Waals surface area contributed by atoms with E-state index in [2.05, 4.69) is 30.7 Å². The van der Waals surface area contributed by atoms with E-state index in [4.69, 9.17) is 16.3 Å². The second-order valence-corrected chi connectivity index (χ2v) is 7.93. The van der Waals surface area contributed by atoms with Crippen molar-refractivity contribution in [3.8, 4) is 0 Å². The van der Waals surface area contributed by atoms with Gasteiger partial charge in [-0.25, -0.2) is 14.4 Å². The van der Waals surface area contributed by atoms with Gasteiger partial charge in [0.15, 0.2) is 5.82 Å². The zero-order chi connectivity index (χ0) is 19.8. The fourth-order valence-electron chi connectivity index (χ4n) is 3.76. The average molecular weight is 389 g/mol. The molecule has 1 atom stereocenters. The molecule has 1 aliphatic rings. The van der Waals surface area contributed by atoms with E-state index in [9.17, 15) is 9.18 Å². The van der Waals surface area contributed by atoms with E-state index < -0.39 is 5.82 Å². The third-order valence-electron chi connectivity index (χ3n) is 4.67. The van der Waals surface area contributed by atoms with Crippen LogP contribution in [0.3, 0.4) is 0 Å². The monoisotopic (exact) mass is 388 g/mol. The lowest BCUT2D eigenvalue weighted by Gasteiger charge is -2.31. The zero-order valence-electron chi connectivity index (χ0n) is 15.8. The van der Waals surface area contributed by atoms with Crippen LogP contribution in [0.2, 0.25) is 5.28 Å². The maximum absolute atomic E-state index is 14.7. The molecule has 1 aliphatic carbocycles. The van der Waals surface area contributed by atoms with Crippen LogP contribution < -0.4 is 0 Å². The van der Waals surface area contributed by atoms with E-state index in [0.29, 0.717) is 12.2 Å². The number of rotatable bonds is 4. The lowest BCUT2D eigenvalue weighted by molar-refractivity contribution is -0.141. The van der Waals surface area contributed by atoms with Crippen LogP contribution in [0, 0.1) is 11.2 Å². The van der Waals surface area contributed by atoms with E-state index >= 15 is 0 Å². The van der Waals surface area contributed by atoms with Gasteiger partial charge >= 0.3 is 5.97 Å². The van der Waals surface area contributed by atoms with Crippen molar-refractivity contribution in [1.29, 1.82) is 0 Å². The van der Waals surface area contributed by atoms with Crippen LogP contribution in [0.5, 0.6) is 0 Å². The largest absolute Gasteiger partial charge is 0.466 e. The molecule has 0 fully saturated rings. The molecule has 1 unspecified atom stereocenters. The standard InChI is InChI=1S/C21H22ClFN2O2/c1-5-27-16(26)10-14-12-8-6-7-9-13(12)18(21(2,3)4)17(14)19-15(23)11-24-20(22)25-19/h6-9,11,18H,5,10H2,1-4H3. The number of carbonyl (C=O) groups is 1. The minimum absolute atomic E-state index is 0.0296. The summed E-state index contributed by atoms with van der Waals surface area (Å²) < 4.78 is 19.9. The topological polar surface area (TPSA) is 52.1 Å². The number of benzene rings is 1. The van der Waals surface area contributed by atoms with Crippen LogP contribution in [0.1, 0.15) is 56.9 Å². The van der Waals surface area contributed by atoms with Crippen LogP contribution >= 0.6 is 11.6 Å². The smallest absolute Gasteiger partial charge is 0.310 e. The molecule has 0 saturated carbocycles. The van der Waals surface area contributed by atoms with Gasteiger partial charge in [-0.1, -0.05) is 45.0 Å². The molecular weight excluding hydrogens is 367 g/mol. The molecular formula is C21H22ClFN2O2. The average Bonchev–Trinajstić information content (AvgIpc) is 2.92. The maximum Gasteiger partial charge on any atom is 0.310 e. The summed E-state index contributed by atoms with van der Waals surface area (Å²) in [5.41, 5.74) is 3.30. The summed E-state index contributed by atoms with van der Waals surface area (Å²) >= 11 is 5.97. The zero-order valence-corrected chi connectivity index (χ0v) is 16.6. The van der Waals surface area contributed by atoms with E-state index in [1.807, 2.05) is 24.3 Å². The number of hydrogen-bond donors (Lipinski definition) is 0. The molecule has 0 aliphatic heterocycles. The van der Waals surface area contributed by atoms with Gasteiger partial charge in [-0.15, -0.1) is 0 Å². The summed E-state index contributed by atoms with van der Waals surface area (Å²) in [5.74, 6) is -1.05. The Morgan fingerprint density at radius 2 is 2.00 bits per heavy atom. The molecule has 27 heavy (non-hydrogen) atoms. The maximum atomic E-state index is 14.7.